The molecule has 0 aromatic heterocycles. The molecule has 1 rings (SSSR count). The third-order valence-corrected chi connectivity index (χ3v) is 1.68. The minimum atomic E-state index is -0.306. The smallest absolute Gasteiger partial charge is 0.312 e. The highest BCUT2D eigenvalue weighted by molar-refractivity contribution is 6.30. The van der Waals surface area contributed by atoms with Crippen molar-refractivity contribution in [2.75, 3.05) is 5.32 Å². The van der Waals surface area contributed by atoms with E-state index in [1.165, 1.54) is 0 Å². The number of hydrogen-bond donors (Lipinski definition) is 2. The molecule has 0 unspecified atom stereocenters. The Balaban J connectivity index is 2.56. The van der Waals surface area contributed by atoms with Gasteiger partial charge in [0.1, 0.15) is 0 Å². The molecule has 0 heterocycles. The molecule has 14 heavy (non-hydrogen) atoms. The van der Waals surface area contributed by atoms with Gasteiger partial charge in [-0.2, -0.15) is 0 Å². The summed E-state index contributed by atoms with van der Waals surface area (Å²) in [6, 6.07) is 6.55. The number of carbonyl (C=O) groups excluding carboxylic acids is 1. The number of nitrogens with one attached hydrogen (secondary N) is 2. The van der Waals surface area contributed by atoms with Crippen molar-refractivity contribution in [3.8, 4) is 0 Å². The summed E-state index contributed by atoms with van der Waals surface area (Å²) < 4.78 is 0. The number of rotatable bonds is 2. The average Bonchev–Trinajstić information content (AvgIpc) is 2.07. The van der Waals surface area contributed by atoms with Crippen LogP contribution in [-0.4, -0.2) is 6.03 Å². The normalized spacial score (nSPS) is 9.29. The lowest BCUT2D eigenvalue weighted by atomic mass is 10.3. The molecule has 2 N–H and O–H groups in total. The van der Waals surface area contributed by atoms with Crippen LogP contribution in [0.5, 0.6) is 0 Å². The number of urea groups is 1. The third-order valence-electron chi connectivity index (χ3n) is 1.43. The molecule has 0 radical (unpaired) electrons. The maximum Gasteiger partial charge on any atom is 0.323 e. The Labute approximate surface area is 87.8 Å². The van der Waals surface area contributed by atoms with Gasteiger partial charge in [-0.1, -0.05) is 18.2 Å². The van der Waals surface area contributed by atoms with E-state index in [1.807, 2.05) is 0 Å². The second kappa shape index (κ2) is 4.67. The van der Waals surface area contributed by atoms with Crippen LogP contribution in [0.4, 0.5) is 10.5 Å². The number of allylic oxidation sites excluding steroid dienone is 1. The van der Waals surface area contributed by atoms with E-state index in [9.17, 15) is 4.79 Å². The van der Waals surface area contributed by atoms with E-state index in [0.29, 0.717) is 16.4 Å². The van der Waals surface area contributed by atoms with Crippen molar-refractivity contribution in [1.29, 1.82) is 0 Å². The van der Waals surface area contributed by atoms with E-state index in [1.54, 1.807) is 31.2 Å². The van der Waals surface area contributed by atoms with Gasteiger partial charge in [0.25, 0.3) is 0 Å². The second-order valence-corrected chi connectivity index (χ2v) is 3.30. The quantitative estimate of drug-likeness (QED) is 0.774. The standard InChI is InChI=1S/C10H11ClN2O/c1-7(2)12-10(14)13-9-5-3-8(11)4-6-9/h3-6H,1H2,2H3,(H2,12,13,14). The highest BCUT2D eigenvalue weighted by atomic mass is 35.5. The molecule has 0 aliphatic carbocycles. The van der Waals surface area contributed by atoms with Gasteiger partial charge in [-0.25, -0.2) is 4.79 Å². The van der Waals surface area contributed by atoms with Crippen LogP contribution >= 0.6 is 11.6 Å². The van der Waals surface area contributed by atoms with E-state index in [-0.39, 0.29) is 6.03 Å². The maximum atomic E-state index is 11.2. The Morgan fingerprint density at radius 1 is 1.36 bits per heavy atom. The van der Waals surface area contributed by atoms with Gasteiger partial charge in [0.2, 0.25) is 0 Å². The molecular formula is C10H11ClN2O. The van der Waals surface area contributed by atoms with Crippen LogP contribution in [0.1, 0.15) is 6.92 Å². The van der Waals surface area contributed by atoms with Crippen molar-refractivity contribution in [1.82, 2.24) is 5.32 Å². The van der Waals surface area contributed by atoms with Crippen molar-refractivity contribution < 1.29 is 4.79 Å². The average molecular weight is 211 g/mol. The number of amides is 2. The van der Waals surface area contributed by atoms with Gasteiger partial charge in [0, 0.05) is 16.4 Å². The molecule has 74 valence electrons. The lowest BCUT2D eigenvalue weighted by Gasteiger charge is -2.06. The molecular weight excluding hydrogens is 200 g/mol. The van der Waals surface area contributed by atoms with E-state index >= 15 is 0 Å². The predicted octanol–water partition coefficient (Wildman–Crippen LogP) is 3.00. The maximum absolute atomic E-state index is 11.2. The van der Waals surface area contributed by atoms with Crippen molar-refractivity contribution in [2.24, 2.45) is 0 Å². The minimum absolute atomic E-state index is 0.306. The first-order valence-corrected chi connectivity index (χ1v) is 4.45. The van der Waals surface area contributed by atoms with E-state index in [2.05, 4.69) is 17.2 Å². The molecule has 1 aromatic carbocycles. The van der Waals surface area contributed by atoms with Crippen LogP contribution in [0, 0.1) is 0 Å². The largest absolute Gasteiger partial charge is 0.323 e. The summed E-state index contributed by atoms with van der Waals surface area (Å²) in [5.41, 5.74) is 1.28. The summed E-state index contributed by atoms with van der Waals surface area (Å²) in [6.45, 7) is 5.27. The summed E-state index contributed by atoms with van der Waals surface area (Å²) >= 11 is 5.69. The number of anilines is 1. The van der Waals surface area contributed by atoms with Gasteiger partial charge in [-0.05, 0) is 31.2 Å². The van der Waals surface area contributed by atoms with Crippen molar-refractivity contribution in [3.63, 3.8) is 0 Å². The fourth-order valence-electron chi connectivity index (χ4n) is 0.889. The summed E-state index contributed by atoms with van der Waals surface area (Å²) in [5, 5.41) is 5.79. The molecule has 0 bridgehead atoms. The Kier molecular flexibility index (Phi) is 3.54. The Bertz CT molecular complexity index is 346. The van der Waals surface area contributed by atoms with Crippen LogP contribution in [0.3, 0.4) is 0 Å². The van der Waals surface area contributed by atoms with Crippen molar-refractivity contribution >= 4 is 23.3 Å². The van der Waals surface area contributed by atoms with Crippen molar-refractivity contribution in [3.05, 3.63) is 41.6 Å². The van der Waals surface area contributed by atoms with Gasteiger partial charge in [-0.15, -0.1) is 0 Å². The zero-order valence-electron chi connectivity index (χ0n) is 7.80. The van der Waals surface area contributed by atoms with Crippen LogP contribution in [0.25, 0.3) is 0 Å². The van der Waals surface area contributed by atoms with E-state index < -0.39 is 0 Å². The first-order valence-electron chi connectivity index (χ1n) is 4.07. The van der Waals surface area contributed by atoms with Crippen LogP contribution in [0.15, 0.2) is 36.5 Å². The highest BCUT2D eigenvalue weighted by Gasteiger charge is 1.99. The van der Waals surface area contributed by atoms with Crippen LogP contribution < -0.4 is 10.6 Å². The van der Waals surface area contributed by atoms with Gasteiger partial charge in [-0.3, -0.25) is 0 Å². The number of hydrogen-bond acceptors (Lipinski definition) is 1. The number of halogens is 1. The topological polar surface area (TPSA) is 41.1 Å². The molecule has 2 amide bonds. The Morgan fingerprint density at radius 2 is 1.93 bits per heavy atom. The molecule has 0 fully saturated rings. The molecule has 0 atom stereocenters. The molecule has 0 saturated carbocycles. The molecule has 4 heteroatoms. The zero-order valence-corrected chi connectivity index (χ0v) is 8.56. The molecule has 0 spiro atoms. The van der Waals surface area contributed by atoms with Crippen molar-refractivity contribution in [2.45, 2.75) is 6.92 Å². The lowest BCUT2D eigenvalue weighted by molar-refractivity contribution is 0.254. The SMILES string of the molecule is C=C(C)NC(=O)Nc1ccc(Cl)cc1. The van der Waals surface area contributed by atoms with Crippen LogP contribution in [-0.2, 0) is 0 Å². The predicted molar refractivity (Wildman–Crippen MR) is 58.4 cm³/mol. The molecule has 0 saturated heterocycles. The summed E-state index contributed by atoms with van der Waals surface area (Å²) in [4.78, 5) is 11.2. The molecule has 0 aliphatic rings. The first kappa shape index (κ1) is 10.6. The summed E-state index contributed by atoms with van der Waals surface area (Å²) in [6.07, 6.45) is 0. The number of carbonyl (C=O) groups is 1. The van der Waals surface area contributed by atoms with E-state index in [0.717, 1.165) is 0 Å². The minimum Gasteiger partial charge on any atom is -0.312 e. The lowest BCUT2D eigenvalue weighted by Crippen LogP contribution is -2.26. The first-order chi connectivity index (χ1) is 6.58. The second-order valence-electron chi connectivity index (χ2n) is 2.87. The highest BCUT2D eigenvalue weighted by Crippen LogP contribution is 2.12. The van der Waals surface area contributed by atoms with Gasteiger partial charge in [0.05, 0.1) is 0 Å². The Morgan fingerprint density at radius 3 is 2.43 bits per heavy atom. The summed E-state index contributed by atoms with van der Waals surface area (Å²) in [7, 11) is 0. The molecule has 3 nitrogen and oxygen atoms in total. The fourth-order valence-corrected chi connectivity index (χ4v) is 1.02. The van der Waals surface area contributed by atoms with Gasteiger partial charge < -0.3 is 10.6 Å². The molecule has 1 aromatic rings. The van der Waals surface area contributed by atoms with Crippen LogP contribution in [0.2, 0.25) is 5.02 Å². The van der Waals surface area contributed by atoms with E-state index in [4.69, 9.17) is 11.6 Å². The molecule has 0 aliphatic heterocycles. The van der Waals surface area contributed by atoms with Gasteiger partial charge >= 0.3 is 6.03 Å². The zero-order chi connectivity index (χ0) is 10.6. The van der Waals surface area contributed by atoms with Gasteiger partial charge in [0.15, 0.2) is 0 Å². The number of benzene rings is 1. The fraction of sp³-hybridized carbons (Fsp3) is 0.100. The Hall–Kier alpha value is -1.48. The third kappa shape index (κ3) is 3.49. The monoisotopic (exact) mass is 210 g/mol. The summed E-state index contributed by atoms with van der Waals surface area (Å²) in [5.74, 6) is 0.